The molecule has 1 aromatic heterocycles. The van der Waals surface area contributed by atoms with E-state index in [0.29, 0.717) is 0 Å². The summed E-state index contributed by atoms with van der Waals surface area (Å²) < 4.78 is 7.36. The molecule has 0 bridgehead atoms. The molecule has 0 saturated heterocycles. The SMILES string of the molecule is COC(C)(C)CCn1cc(-c2ccc(N)cc2)cn1. The molecule has 0 aliphatic carbocycles. The summed E-state index contributed by atoms with van der Waals surface area (Å²) in [6.07, 6.45) is 4.86. The van der Waals surface area contributed by atoms with E-state index in [9.17, 15) is 0 Å². The largest absolute Gasteiger partial charge is 0.399 e. The maximum absolute atomic E-state index is 5.69. The fourth-order valence-electron chi connectivity index (χ4n) is 1.80. The average Bonchev–Trinajstić information content (AvgIpc) is 2.86. The lowest BCUT2D eigenvalue weighted by molar-refractivity contribution is 0.0113. The molecular weight excluding hydrogens is 238 g/mol. The van der Waals surface area contributed by atoms with Crippen molar-refractivity contribution in [2.24, 2.45) is 0 Å². The molecular formula is C15H21N3O. The Kier molecular flexibility index (Phi) is 3.90. The second-order valence-corrected chi connectivity index (χ2v) is 5.33. The highest BCUT2D eigenvalue weighted by Crippen LogP contribution is 2.20. The monoisotopic (exact) mass is 259 g/mol. The van der Waals surface area contributed by atoms with Gasteiger partial charge in [-0.15, -0.1) is 0 Å². The molecule has 4 heteroatoms. The zero-order chi connectivity index (χ0) is 13.9. The fourth-order valence-corrected chi connectivity index (χ4v) is 1.80. The summed E-state index contributed by atoms with van der Waals surface area (Å²) in [7, 11) is 1.74. The maximum atomic E-state index is 5.69. The molecule has 0 aliphatic rings. The predicted octanol–water partition coefficient (Wildman–Crippen LogP) is 2.95. The van der Waals surface area contributed by atoms with Gasteiger partial charge < -0.3 is 10.5 Å². The number of nitrogen functional groups attached to an aromatic ring is 1. The van der Waals surface area contributed by atoms with Crippen LogP contribution in [-0.2, 0) is 11.3 Å². The second kappa shape index (κ2) is 5.45. The van der Waals surface area contributed by atoms with E-state index in [4.69, 9.17) is 10.5 Å². The third-order valence-corrected chi connectivity index (χ3v) is 3.37. The van der Waals surface area contributed by atoms with Crippen molar-refractivity contribution in [1.82, 2.24) is 9.78 Å². The molecule has 19 heavy (non-hydrogen) atoms. The topological polar surface area (TPSA) is 53.1 Å². The number of anilines is 1. The highest BCUT2D eigenvalue weighted by Gasteiger charge is 2.16. The van der Waals surface area contributed by atoms with E-state index >= 15 is 0 Å². The van der Waals surface area contributed by atoms with Crippen LogP contribution in [0.2, 0.25) is 0 Å². The third kappa shape index (κ3) is 3.58. The second-order valence-electron chi connectivity index (χ2n) is 5.33. The lowest BCUT2D eigenvalue weighted by atomic mass is 10.1. The molecule has 0 atom stereocenters. The van der Waals surface area contributed by atoms with Crippen molar-refractivity contribution in [3.63, 3.8) is 0 Å². The fraction of sp³-hybridized carbons (Fsp3) is 0.400. The van der Waals surface area contributed by atoms with Crippen LogP contribution in [0.5, 0.6) is 0 Å². The smallest absolute Gasteiger partial charge is 0.0640 e. The van der Waals surface area contributed by atoms with Crippen LogP contribution >= 0.6 is 0 Å². The average molecular weight is 259 g/mol. The molecule has 2 rings (SSSR count). The van der Waals surface area contributed by atoms with Crippen LogP contribution in [0.1, 0.15) is 20.3 Å². The van der Waals surface area contributed by atoms with E-state index in [1.54, 1.807) is 7.11 Å². The van der Waals surface area contributed by atoms with Gasteiger partial charge in [0.25, 0.3) is 0 Å². The summed E-state index contributed by atoms with van der Waals surface area (Å²) in [4.78, 5) is 0. The Morgan fingerprint density at radius 2 is 1.89 bits per heavy atom. The van der Waals surface area contributed by atoms with Crippen LogP contribution in [0, 0.1) is 0 Å². The number of benzene rings is 1. The number of aromatic nitrogens is 2. The van der Waals surface area contributed by atoms with Crippen molar-refractivity contribution in [1.29, 1.82) is 0 Å². The van der Waals surface area contributed by atoms with Crippen molar-refractivity contribution in [3.05, 3.63) is 36.7 Å². The van der Waals surface area contributed by atoms with Gasteiger partial charge in [-0.2, -0.15) is 5.10 Å². The Morgan fingerprint density at radius 1 is 1.21 bits per heavy atom. The Labute approximate surface area is 114 Å². The first-order valence-electron chi connectivity index (χ1n) is 6.44. The summed E-state index contributed by atoms with van der Waals surface area (Å²) in [5.41, 5.74) is 8.58. The molecule has 0 unspecified atom stereocenters. The van der Waals surface area contributed by atoms with E-state index < -0.39 is 0 Å². The van der Waals surface area contributed by atoms with Crippen molar-refractivity contribution >= 4 is 5.69 Å². The lowest BCUT2D eigenvalue weighted by Crippen LogP contribution is -2.24. The summed E-state index contributed by atoms with van der Waals surface area (Å²) in [6, 6.07) is 7.83. The van der Waals surface area contributed by atoms with Crippen molar-refractivity contribution in [2.45, 2.75) is 32.4 Å². The van der Waals surface area contributed by atoms with Gasteiger partial charge in [0, 0.05) is 31.1 Å². The van der Waals surface area contributed by atoms with Gasteiger partial charge in [-0.25, -0.2) is 0 Å². The molecule has 2 N–H and O–H groups in total. The number of nitrogens with zero attached hydrogens (tertiary/aromatic N) is 2. The Hall–Kier alpha value is -1.81. The van der Waals surface area contributed by atoms with Crippen molar-refractivity contribution < 1.29 is 4.74 Å². The predicted molar refractivity (Wildman–Crippen MR) is 77.8 cm³/mol. The Bertz CT molecular complexity index is 529. The van der Waals surface area contributed by atoms with Crippen LogP contribution in [0.25, 0.3) is 11.1 Å². The summed E-state index contributed by atoms with van der Waals surface area (Å²) in [5.74, 6) is 0. The molecule has 1 aromatic carbocycles. The number of nitrogens with two attached hydrogens (primary N) is 1. The minimum absolute atomic E-state index is 0.118. The van der Waals surface area contributed by atoms with Crippen molar-refractivity contribution in [3.8, 4) is 11.1 Å². The number of hydrogen-bond donors (Lipinski definition) is 1. The first kappa shape index (κ1) is 13.6. The third-order valence-electron chi connectivity index (χ3n) is 3.37. The van der Waals surface area contributed by atoms with E-state index in [0.717, 1.165) is 29.8 Å². The van der Waals surface area contributed by atoms with Crippen LogP contribution in [0.4, 0.5) is 5.69 Å². The molecule has 0 amide bonds. The van der Waals surface area contributed by atoms with Gasteiger partial charge >= 0.3 is 0 Å². The molecule has 0 spiro atoms. The highest BCUT2D eigenvalue weighted by atomic mass is 16.5. The van der Waals surface area contributed by atoms with Crippen LogP contribution in [0.3, 0.4) is 0 Å². The summed E-state index contributed by atoms with van der Waals surface area (Å²) in [5, 5.41) is 4.38. The van der Waals surface area contributed by atoms with E-state index in [1.807, 2.05) is 35.1 Å². The normalized spacial score (nSPS) is 11.7. The summed E-state index contributed by atoms with van der Waals surface area (Å²) in [6.45, 7) is 5.00. The van der Waals surface area contributed by atoms with E-state index in [-0.39, 0.29) is 5.60 Å². The molecule has 1 heterocycles. The van der Waals surface area contributed by atoms with Crippen molar-refractivity contribution in [2.75, 3.05) is 12.8 Å². The molecule has 102 valence electrons. The zero-order valence-corrected chi connectivity index (χ0v) is 11.8. The van der Waals surface area contributed by atoms with Gasteiger partial charge in [-0.05, 0) is 38.0 Å². The first-order chi connectivity index (χ1) is 9.00. The number of rotatable bonds is 5. The summed E-state index contributed by atoms with van der Waals surface area (Å²) >= 11 is 0. The minimum Gasteiger partial charge on any atom is -0.399 e. The first-order valence-corrected chi connectivity index (χ1v) is 6.44. The van der Waals surface area contributed by atoms with Gasteiger partial charge in [0.15, 0.2) is 0 Å². The Balaban J connectivity index is 2.05. The van der Waals surface area contributed by atoms with E-state index in [1.165, 1.54) is 0 Å². The van der Waals surface area contributed by atoms with E-state index in [2.05, 4.69) is 25.1 Å². The maximum Gasteiger partial charge on any atom is 0.0640 e. The minimum atomic E-state index is -0.118. The van der Waals surface area contributed by atoms with Gasteiger partial charge in [-0.3, -0.25) is 4.68 Å². The standard InChI is InChI=1S/C15H21N3O/c1-15(2,19-3)8-9-18-11-13(10-17-18)12-4-6-14(16)7-5-12/h4-7,10-11H,8-9,16H2,1-3H3. The molecule has 4 nitrogen and oxygen atoms in total. The van der Waals surface area contributed by atoms with Crippen LogP contribution in [-0.4, -0.2) is 22.5 Å². The van der Waals surface area contributed by atoms with Crippen LogP contribution < -0.4 is 5.73 Å². The number of aryl methyl sites for hydroxylation is 1. The molecule has 0 fully saturated rings. The lowest BCUT2D eigenvalue weighted by Gasteiger charge is -2.22. The van der Waals surface area contributed by atoms with Gasteiger partial charge in [0.2, 0.25) is 0 Å². The van der Waals surface area contributed by atoms with Gasteiger partial charge in [-0.1, -0.05) is 12.1 Å². The number of ether oxygens (including phenoxy) is 1. The molecule has 0 saturated carbocycles. The highest BCUT2D eigenvalue weighted by molar-refractivity contribution is 5.63. The molecule has 2 aromatic rings. The van der Waals surface area contributed by atoms with Gasteiger partial charge in [0.05, 0.1) is 11.8 Å². The Morgan fingerprint density at radius 3 is 2.53 bits per heavy atom. The van der Waals surface area contributed by atoms with Crippen LogP contribution in [0.15, 0.2) is 36.7 Å². The zero-order valence-electron chi connectivity index (χ0n) is 11.8. The molecule has 0 radical (unpaired) electrons. The molecule has 0 aliphatic heterocycles. The number of methoxy groups -OCH3 is 1. The van der Waals surface area contributed by atoms with Gasteiger partial charge in [0.1, 0.15) is 0 Å². The quantitative estimate of drug-likeness (QED) is 0.840. The number of hydrogen-bond acceptors (Lipinski definition) is 3.